The molecule has 0 amide bonds. The Labute approximate surface area is 73.7 Å². The zero-order valence-corrected chi connectivity index (χ0v) is 7.02. The van der Waals surface area contributed by atoms with Crippen molar-refractivity contribution in [3.8, 4) is 0 Å². The van der Waals surface area contributed by atoms with E-state index in [1.54, 1.807) is 0 Å². The first kappa shape index (κ1) is 9.62. The minimum Gasteiger partial charge on any atom is -0.258 e. The van der Waals surface area contributed by atoms with Gasteiger partial charge in [-0.1, -0.05) is 10.6 Å². The van der Waals surface area contributed by atoms with E-state index in [4.69, 9.17) is 0 Å². The molecule has 0 aromatic heterocycles. The summed E-state index contributed by atoms with van der Waals surface area (Å²) in [6, 6.07) is 3.98. The Morgan fingerprint density at radius 1 is 1.31 bits per heavy atom. The first-order valence-electron chi connectivity index (χ1n) is 3.11. The van der Waals surface area contributed by atoms with Crippen molar-refractivity contribution in [1.82, 2.24) is 0 Å². The highest BCUT2D eigenvalue weighted by Crippen LogP contribution is 2.16. The van der Waals surface area contributed by atoms with Crippen LogP contribution in [0.25, 0.3) is 0 Å². The zero-order chi connectivity index (χ0) is 10.1. The molecular weight excluding hydrogens is 198 g/mol. The van der Waals surface area contributed by atoms with Gasteiger partial charge in [0.25, 0.3) is 5.69 Å². The minimum atomic E-state index is -4.61. The molecule has 0 fully saturated rings. The second-order valence-electron chi connectivity index (χ2n) is 2.21. The molecule has 69 valence electrons. The van der Waals surface area contributed by atoms with Crippen LogP contribution < -0.4 is 0 Å². The van der Waals surface area contributed by atoms with Gasteiger partial charge in [0.15, 0.2) is 0 Å². The number of benzene rings is 1. The van der Waals surface area contributed by atoms with Crippen molar-refractivity contribution in [2.24, 2.45) is 0 Å². The predicted octanol–water partition coefficient (Wildman–Crippen LogP) is 0.714. The summed E-state index contributed by atoms with van der Waals surface area (Å²) < 4.78 is 31.3. The van der Waals surface area contributed by atoms with Crippen LogP contribution in [0.4, 0.5) is 5.69 Å². The minimum absolute atomic E-state index is 0.420. The fraction of sp³-hybridized carbons (Fsp3) is 0. The van der Waals surface area contributed by atoms with E-state index in [0.29, 0.717) is 0 Å². The molecule has 0 heterocycles. The molecule has 6 nitrogen and oxygen atoms in total. The molecule has 0 atom stereocenters. The summed E-state index contributed by atoms with van der Waals surface area (Å²) in [5, 5.41) is 10.2. The summed E-state index contributed by atoms with van der Waals surface area (Å²) in [5.41, 5.74) is -0.420. The van der Waals surface area contributed by atoms with Crippen LogP contribution in [0, 0.1) is 10.1 Å². The maximum Gasteiger partial charge on any atom is 0.324 e. The van der Waals surface area contributed by atoms with Gasteiger partial charge in [0.2, 0.25) is 0 Å². The van der Waals surface area contributed by atoms with Crippen molar-refractivity contribution in [2.75, 3.05) is 0 Å². The van der Waals surface area contributed by atoms with Gasteiger partial charge in [-0.25, -0.2) is 0 Å². The van der Waals surface area contributed by atoms with E-state index >= 15 is 0 Å². The topological polar surface area (TPSA) is 97.2 Å². The van der Waals surface area contributed by atoms with Gasteiger partial charge < -0.3 is 0 Å². The van der Waals surface area contributed by atoms with Gasteiger partial charge >= 0.3 is 10.1 Å². The molecule has 0 saturated heterocycles. The molecular formula is C6H4NO5S. The lowest BCUT2D eigenvalue weighted by Gasteiger charge is -1.93. The van der Waals surface area contributed by atoms with Crippen molar-refractivity contribution in [2.45, 2.75) is 4.90 Å². The van der Waals surface area contributed by atoms with E-state index in [2.05, 4.69) is 0 Å². The maximum absolute atomic E-state index is 10.4. The second-order valence-corrected chi connectivity index (χ2v) is 3.59. The van der Waals surface area contributed by atoms with Crippen molar-refractivity contribution >= 4 is 15.8 Å². The first-order valence-corrected chi connectivity index (χ1v) is 4.52. The molecule has 1 rings (SSSR count). The average Bonchev–Trinajstić information content (AvgIpc) is 2.03. The number of hydrogen-bond acceptors (Lipinski definition) is 4. The van der Waals surface area contributed by atoms with E-state index in [-0.39, 0.29) is 0 Å². The molecule has 0 bridgehead atoms. The highest BCUT2D eigenvalue weighted by atomic mass is 32.2. The molecule has 1 aromatic rings. The summed E-state index contributed by atoms with van der Waals surface area (Å²) in [7, 11) is -4.61. The normalized spacial score (nSPS) is 11.2. The van der Waals surface area contributed by atoms with Crippen molar-refractivity contribution in [3.63, 3.8) is 0 Å². The molecule has 1 aromatic carbocycles. The number of hydrogen-bond donors (Lipinski definition) is 0. The Balaban J connectivity index is 3.29. The third-order valence-electron chi connectivity index (χ3n) is 1.32. The highest BCUT2D eigenvalue weighted by Gasteiger charge is 2.15. The van der Waals surface area contributed by atoms with Crippen LogP contribution in [-0.2, 0) is 14.7 Å². The van der Waals surface area contributed by atoms with Gasteiger partial charge in [-0.3, -0.25) is 10.1 Å². The van der Waals surface area contributed by atoms with Crippen molar-refractivity contribution < 1.29 is 17.9 Å². The largest absolute Gasteiger partial charge is 0.324 e. The number of nitro benzene ring substituents is 1. The van der Waals surface area contributed by atoms with Gasteiger partial charge in [0.05, 0.1) is 4.92 Å². The monoisotopic (exact) mass is 202 g/mol. The lowest BCUT2D eigenvalue weighted by atomic mass is 10.3. The number of nitrogens with zero attached hydrogens (tertiary/aromatic N) is 1. The van der Waals surface area contributed by atoms with Crippen LogP contribution in [0.2, 0.25) is 0 Å². The smallest absolute Gasteiger partial charge is 0.258 e. The van der Waals surface area contributed by atoms with Crippen LogP contribution in [0.5, 0.6) is 0 Å². The average molecular weight is 202 g/mol. The molecule has 0 aliphatic heterocycles. The molecule has 13 heavy (non-hydrogen) atoms. The van der Waals surface area contributed by atoms with Crippen molar-refractivity contribution in [1.29, 1.82) is 0 Å². The third kappa shape index (κ3) is 2.23. The predicted molar refractivity (Wildman–Crippen MR) is 41.0 cm³/mol. The Morgan fingerprint density at radius 2 is 1.92 bits per heavy atom. The summed E-state index contributed by atoms with van der Waals surface area (Å²) in [6.45, 7) is 0. The Hall–Kier alpha value is -1.47. The van der Waals surface area contributed by atoms with E-state index in [0.717, 1.165) is 24.3 Å². The van der Waals surface area contributed by atoms with Gasteiger partial charge in [-0.2, -0.15) is 8.42 Å². The lowest BCUT2D eigenvalue weighted by molar-refractivity contribution is -0.385. The highest BCUT2D eigenvalue weighted by molar-refractivity contribution is 7.85. The van der Waals surface area contributed by atoms with E-state index in [9.17, 15) is 23.1 Å². The van der Waals surface area contributed by atoms with Crippen LogP contribution in [0.3, 0.4) is 0 Å². The summed E-state index contributed by atoms with van der Waals surface area (Å²) in [5.74, 6) is 0. The van der Waals surface area contributed by atoms with E-state index in [1.165, 1.54) is 0 Å². The van der Waals surface area contributed by atoms with Gasteiger partial charge in [0, 0.05) is 12.1 Å². The fourth-order valence-electron chi connectivity index (χ4n) is 0.753. The van der Waals surface area contributed by atoms with E-state index < -0.39 is 25.6 Å². The molecule has 0 aliphatic carbocycles. The lowest BCUT2D eigenvalue weighted by Crippen LogP contribution is -1.97. The molecule has 1 radical (unpaired) electrons. The Morgan fingerprint density at radius 3 is 2.38 bits per heavy atom. The van der Waals surface area contributed by atoms with Gasteiger partial charge in [-0.05, 0) is 6.07 Å². The van der Waals surface area contributed by atoms with Crippen molar-refractivity contribution in [3.05, 3.63) is 34.4 Å². The van der Waals surface area contributed by atoms with Crippen LogP contribution in [0.1, 0.15) is 0 Å². The summed E-state index contributed by atoms with van der Waals surface area (Å²) >= 11 is 0. The summed E-state index contributed by atoms with van der Waals surface area (Å²) in [4.78, 5) is 8.82. The molecule has 0 N–H and O–H groups in total. The fourth-order valence-corrected chi connectivity index (χ4v) is 1.26. The molecule has 0 aliphatic rings. The maximum atomic E-state index is 10.4. The summed E-state index contributed by atoms with van der Waals surface area (Å²) in [6.07, 6.45) is 0. The van der Waals surface area contributed by atoms with Crippen LogP contribution in [-0.4, -0.2) is 13.3 Å². The SMILES string of the molecule is [O]S(=O)(=O)c1cccc([N+](=O)[O-])c1. The molecule has 0 spiro atoms. The zero-order valence-electron chi connectivity index (χ0n) is 6.21. The molecule has 0 unspecified atom stereocenters. The number of non-ortho nitro benzene ring substituents is 1. The third-order valence-corrected chi connectivity index (χ3v) is 2.15. The standard InChI is InChI=1S/C6H4NO5S/c8-7(9)5-2-1-3-6(4-5)13(10,11)12/h1-4H. The van der Waals surface area contributed by atoms with Gasteiger partial charge in [0.1, 0.15) is 4.90 Å². The Kier molecular flexibility index (Phi) is 2.30. The molecule has 0 saturated carbocycles. The van der Waals surface area contributed by atoms with Crippen LogP contribution >= 0.6 is 0 Å². The number of rotatable bonds is 2. The van der Waals surface area contributed by atoms with Crippen LogP contribution in [0.15, 0.2) is 29.2 Å². The Bertz CT molecular complexity index is 438. The number of nitro groups is 1. The second kappa shape index (κ2) is 3.11. The quantitative estimate of drug-likeness (QED) is 0.521. The van der Waals surface area contributed by atoms with E-state index in [1.807, 2.05) is 0 Å². The first-order chi connectivity index (χ1) is 5.91. The van der Waals surface area contributed by atoms with Gasteiger partial charge in [-0.15, -0.1) is 0 Å². The molecule has 7 heteroatoms.